The Morgan fingerprint density at radius 1 is 1.33 bits per heavy atom. The van der Waals surface area contributed by atoms with Gasteiger partial charge in [-0.25, -0.2) is 0 Å². The van der Waals surface area contributed by atoms with Crippen LogP contribution in [0, 0.1) is 6.92 Å². The molecule has 0 radical (unpaired) electrons. The Morgan fingerprint density at radius 3 is 2.58 bits per heavy atom. The topological polar surface area (TPSA) is 82.2 Å². The number of amides is 1. The molecule has 0 saturated heterocycles. The van der Waals surface area contributed by atoms with Gasteiger partial charge >= 0.3 is 6.18 Å². The summed E-state index contributed by atoms with van der Waals surface area (Å²) < 4.78 is 38.2. The van der Waals surface area contributed by atoms with Crippen molar-refractivity contribution in [2.45, 2.75) is 19.1 Å². The van der Waals surface area contributed by atoms with E-state index in [1.807, 2.05) is 4.98 Å². The number of aliphatic hydroxyl groups is 1. The lowest BCUT2D eigenvalue weighted by Gasteiger charge is -2.19. The van der Waals surface area contributed by atoms with Crippen LogP contribution in [-0.4, -0.2) is 22.6 Å². The van der Waals surface area contributed by atoms with Crippen molar-refractivity contribution >= 4 is 5.91 Å². The molecule has 1 aromatic carbocycles. The first-order valence-corrected chi connectivity index (χ1v) is 7.01. The van der Waals surface area contributed by atoms with E-state index in [1.165, 1.54) is 0 Å². The first-order valence-electron chi connectivity index (χ1n) is 7.01. The van der Waals surface area contributed by atoms with Gasteiger partial charge in [0.25, 0.3) is 11.5 Å². The molecule has 0 saturated carbocycles. The number of nitrogens with one attached hydrogen (secondary N) is 2. The largest absolute Gasteiger partial charge is 0.421 e. The van der Waals surface area contributed by atoms with Gasteiger partial charge in [0.15, 0.2) is 0 Å². The standard InChI is InChI=1S/C16H15F3N2O3/c1-9-4-2-3-5-11(9)13(8-22)21-14(23)10-6-12(16(17,18)19)15(24)20-7-10/h2-7,13,22H,8H2,1H3,(H,20,24)(H,21,23). The van der Waals surface area contributed by atoms with Gasteiger partial charge in [0.2, 0.25) is 0 Å². The number of rotatable bonds is 4. The van der Waals surface area contributed by atoms with Gasteiger partial charge in [-0.3, -0.25) is 9.59 Å². The molecule has 2 aromatic rings. The van der Waals surface area contributed by atoms with Crippen molar-refractivity contribution in [2.75, 3.05) is 6.61 Å². The molecule has 1 aromatic heterocycles. The van der Waals surface area contributed by atoms with E-state index in [9.17, 15) is 27.9 Å². The van der Waals surface area contributed by atoms with Crippen LogP contribution in [0.5, 0.6) is 0 Å². The summed E-state index contributed by atoms with van der Waals surface area (Å²) in [5.74, 6) is -0.834. The predicted octanol–water partition coefficient (Wildman–Crippen LogP) is 2.17. The number of benzene rings is 1. The van der Waals surface area contributed by atoms with E-state index in [-0.39, 0.29) is 5.56 Å². The molecule has 1 amide bonds. The fraction of sp³-hybridized carbons (Fsp3) is 0.250. The number of aromatic nitrogens is 1. The Bertz CT molecular complexity index is 800. The zero-order valence-electron chi connectivity index (χ0n) is 12.6. The van der Waals surface area contributed by atoms with Crippen LogP contribution in [0.4, 0.5) is 13.2 Å². The summed E-state index contributed by atoms with van der Waals surface area (Å²) in [6, 6.07) is 6.70. The number of hydrogen-bond donors (Lipinski definition) is 3. The fourth-order valence-electron chi connectivity index (χ4n) is 2.27. The summed E-state index contributed by atoms with van der Waals surface area (Å²) in [6.45, 7) is 1.36. The minimum Gasteiger partial charge on any atom is -0.394 e. The number of carbonyl (C=O) groups excluding carboxylic acids is 1. The minimum absolute atomic E-state index is 0.353. The number of hydrogen-bond acceptors (Lipinski definition) is 3. The Hall–Kier alpha value is -2.61. The first-order chi connectivity index (χ1) is 11.2. The van der Waals surface area contributed by atoms with Crippen molar-refractivity contribution in [3.8, 4) is 0 Å². The lowest BCUT2D eigenvalue weighted by molar-refractivity contribution is -0.138. The monoisotopic (exact) mass is 340 g/mol. The Morgan fingerprint density at radius 2 is 2.00 bits per heavy atom. The van der Waals surface area contributed by atoms with Crippen molar-refractivity contribution < 1.29 is 23.1 Å². The van der Waals surface area contributed by atoms with Gasteiger partial charge < -0.3 is 15.4 Å². The predicted molar refractivity (Wildman–Crippen MR) is 80.5 cm³/mol. The Balaban J connectivity index is 2.29. The zero-order chi connectivity index (χ0) is 17.9. The number of aromatic amines is 1. The molecular weight excluding hydrogens is 325 g/mol. The molecule has 128 valence electrons. The smallest absolute Gasteiger partial charge is 0.394 e. The van der Waals surface area contributed by atoms with Crippen LogP contribution in [0.3, 0.4) is 0 Å². The third-order valence-corrected chi connectivity index (χ3v) is 3.52. The van der Waals surface area contributed by atoms with Crippen molar-refractivity contribution in [3.05, 3.63) is 69.1 Å². The quantitative estimate of drug-likeness (QED) is 0.798. The number of carbonyl (C=O) groups is 1. The normalized spacial score (nSPS) is 12.7. The maximum Gasteiger partial charge on any atom is 0.421 e. The second kappa shape index (κ2) is 6.88. The average molecular weight is 340 g/mol. The highest BCUT2D eigenvalue weighted by molar-refractivity contribution is 5.94. The van der Waals surface area contributed by atoms with E-state index in [0.29, 0.717) is 11.6 Å². The lowest BCUT2D eigenvalue weighted by Crippen LogP contribution is -2.32. The van der Waals surface area contributed by atoms with Crippen molar-refractivity contribution in [2.24, 2.45) is 0 Å². The van der Waals surface area contributed by atoms with Crippen LogP contribution in [0.1, 0.15) is 33.1 Å². The fourth-order valence-corrected chi connectivity index (χ4v) is 2.27. The zero-order valence-corrected chi connectivity index (χ0v) is 12.6. The summed E-state index contributed by atoms with van der Waals surface area (Å²) in [5, 5.41) is 11.9. The van der Waals surface area contributed by atoms with Crippen molar-refractivity contribution in [1.82, 2.24) is 10.3 Å². The number of halogens is 3. The van der Waals surface area contributed by atoms with Crippen LogP contribution >= 0.6 is 0 Å². The molecule has 5 nitrogen and oxygen atoms in total. The van der Waals surface area contributed by atoms with E-state index < -0.39 is 35.9 Å². The minimum atomic E-state index is -4.86. The van der Waals surface area contributed by atoms with Crippen LogP contribution in [0.2, 0.25) is 0 Å². The molecule has 3 N–H and O–H groups in total. The van der Waals surface area contributed by atoms with Crippen LogP contribution in [0.25, 0.3) is 0 Å². The summed E-state index contributed by atoms with van der Waals surface area (Å²) in [4.78, 5) is 25.3. The average Bonchev–Trinajstić information content (AvgIpc) is 2.52. The summed E-state index contributed by atoms with van der Waals surface area (Å²) in [6.07, 6.45) is -3.96. The number of aliphatic hydroxyl groups excluding tert-OH is 1. The number of alkyl halides is 3. The third-order valence-electron chi connectivity index (χ3n) is 3.52. The third kappa shape index (κ3) is 3.83. The summed E-state index contributed by atoms with van der Waals surface area (Å²) in [5.41, 5.74) is -1.67. The number of H-pyrrole nitrogens is 1. The van der Waals surface area contributed by atoms with Gasteiger partial charge in [0, 0.05) is 6.20 Å². The Labute approximate surface area is 135 Å². The van der Waals surface area contributed by atoms with E-state index >= 15 is 0 Å². The van der Waals surface area contributed by atoms with Crippen LogP contribution < -0.4 is 10.9 Å². The highest BCUT2D eigenvalue weighted by atomic mass is 19.4. The van der Waals surface area contributed by atoms with Crippen molar-refractivity contribution in [3.63, 3.8) is 0 Å². The second-order valence-corrected chi connectivity index (χ2v) is 5.19. The summed E-state index contributed by atoms with van der Waals surface area (Å²) >= 11 is 0. The molecule has 0 fully saturated rings. The van der Waals surface area contributed by atoms with E-state index in [4.69, 9.17) is 0 Å². The molecule has 0 aliphatic rings. The first kappa shape index (κ1) is 17.7. The van der Waals surface area contributed by atoms with Crippen LogP contribution in [0.15, 0.2) is 41.3 Å². The Kier molecular flexibility index (Phi) is 5.08. The maximum absolute atomic E-state index is 12.7. The van der Waals surface area contributed by atoms with Crippen LogP contribution in [-0.2, 0) is 6.18 Å². The highest BCUT2D eigenvalue weighted by Crippen LogP contribution is 2.26. The van der Waals surface area contributed by atoms with Crippen molar-refractivity contribution in [1.29, 1.82) is 0 Å². The van der Waals surface area contributed by atoms with Gasteiger partial charge in [-0.15, -0.1) is 0 Å². The molecular formula is C16H15F3N2O3. The van der Waals surface area contributed by atoms with Gasteiger partial charge in [-0.05, 0) is 24.1 Å². The molecule has 8 heteroatoms. The number of aryl methyl sites for hydroxylation is 1. The molecule has 1 atom stereocenters. The highest BCUT2D eigenvalue weighted by Gasteiger charge is 2.34. The number of pyridine rings is 1. The molecule has 0 bridgehead atoms. The lowest BCUT2D eigenvalue weighted by atomic mass is 10.0. The molecule has 0 aliphatic heterocycles. The van der Waals surface area contributed by atoms with E-state index in [0.717, 1.165) is 11.8 Å². The SMILES string of the molecule is Cc1ccccc1C(CO)NC(=O)c1c[nH]c(=O)c(C(F)(F)F)c1. The maximum atomic E-state index is 12.7. The molecule has 0 aliphatic carbocycles. The van der Waals surface area contributed by atoms with Gasteiger partial charge in [-0.2, -0.15) is 13.2 Å². The van der Waals surface area contributed by atoms with Gasteiger partial charge in [-0.1, -0.05) is 24.3 Å². The van der Waals surface area contributed by atoms with E-state index in [2.05, 4.69) is 5.32 Å². The molecule has 1 heterocycles. The summed E-state index contributed by atoms with van der Waals surface area (Å²) in [7, 11) is 0. The molecule has 2 rings (SSSR count). The van der Waals surface area contributed by atoms with E-state index in [1.54, 1.807) is 31.2 Å². The van der Waals surface area contributed by atoms with Gasteiger partial charge in [0.1, 0.15) is 5.56 Å². The molecule has 1 unspecified atom stereocenters. The van der Waals surface area contributed by atoms with Gasteiger partial charge in [0.05, 0.1) is 18.2 Å². The molecule has 24 heavy (non-hydrogen) atoms. The molecule has 0 spiro atoms. The second-order valence-electron chi connectivity index (χ2n) is 5.19.